The lowest BCUT2D eigenvalue weighted by Gasteiger charge is -2.27. The molecule has 0 radical (unpaired) electrons. The molecule has 0 N–H and O–H groups in total. The molecule has 19 heavy (non-hydrogen) atoms. The summed E-state index contributed by atoms with van der Waals surface area (Å²) in [4.78, 5) is 2.69. The second kappa shape index (κ2) is 7.66. The van der Waals surface area contributed by atoms with E-state index >= 15 is 0 Å². The van der Waals surface area contributed by atoms with E-state index in [1.807, 2.05) is 23.5 Å². The number of ether oxygens (including phenoxy) is 1. The number of hydrogen-bond acceptors (Lipinski definition) is 2. The third-order valence-electron chi connectivity index (χ3n) is 3.90. The third-order valence-corrected chi connectivity index (χ3v) is 5.35. The predicted molar refractivity (Wildman–Crippen MR) is 87.9 cm³/mol. The Morgan fingerprint density at radius 1 is 1.32 bits per heavy atom. The summed E-state index contributed by atoms with van der Waals surface area (Å²) in [5, 5.41) is 0. The first-order valence-electron chi connectivity index (χ1n) is 6.99. The molecule has 1 nitrogen and oxygen atoms in total. The average molecular weight is 278 g/mol. The summed E-state index contributed by atoms with van der Waals surface area (Å²) < 4.78 is 5.13. The van der Waals surface area contributed by atoms with Crippen molar-refractivity contribution in [3.05, 3.63) is 34.5 Å². The molecule has 0 saturated heterocycles. The number of methoxy groups -OCH3 is 1. The van der Waals surface area contributed by atoms with E-state index in [-0.39, 0.29) is 5.41 Å². The Kier molecular flexibility index (Phi) is 6.53. The van der Waals surface area contributed by atoms with Crippen LogP contribution in [0.25, 0.3) is 12.2 Å². The molecule has 2 heteroatoms. The topological polar surface area (TPSA) is 9.23 Å². The summed E-state index contributed by atoms with van der Waals surface area (Å²) in [6, 6.07) is 2.29. The van der Waals surface area contributed by atoms with Crippen LogP contribution < -0.4 is 0 Å². The van der Waals surface area contributed by atoms with Crippen molar-refractivity contribution >= 4 is 23.5 Å². The lowest BCUT2D eigenvalue weighted by Crippen LogP contribution is -2.19. The number of hydrogen-bond donors (Lipinski definition) is 0. The van der Waals surface area contributed by atoms with Crippen LogP contribution in [0.5, 0.6) is 0 Å². The van der Waals surface area contributed by atoms with Gasteiger partial charge in [-0.25, -0.2) is 0 Å². The van der Waals surface area contributed by atoms with Gasteiger partial charge in [0.05, 0.1) is 0 Å². The molecule has 1 atom stereocenters. The monoisotopic (exact) mass is 278 g/mol. The van der Waals surface area contributed by atoms with E-state index in [1.54, 1.807) is 7.11 Å². The van der Waals surface area contributed by atoms with Crippen LogP contribution in [-0.2, 0) is 10.2 Å². The lowest BCUT2D eigenvalue weighted by atomic mass is 9.80. The highest BCUT2D eigenvalue weighted by Gasteiger charge is 2.26. The molecule has 0 saturated carbocycles. The van der Waals surface area contributed by atoms with Gasteiger partial charge in [0.1, 0.15) is 0 Å². The summed E-state index contributed by atoms with van der Waals surface area (Å²) >= 11 is 1.86. The number of thiophene rings is 1. The molecule has 1 unspecified atom stereocenters. The maximum Gasteiger partial charge on any atom is 0.0462 e. The van der Waals surface area contributed by atoms with Gasteiger partial charge in [-0.1, -0.05) is 45.6 Å². The first-order chi connectivity index (χ1) is 9.11. The molecule has 1 heterocycles. The van der Waals surface area contributed by atoms with Crippen molar-refractivity contribution in [2.24, 2.45) is 0 Å². The van der Waals surface area contributed by atoms with Crippen LogP contribution in [0.1, 0.15) is 54.8 Å². The number of rotatable bonds is 9. The van der Waals surface area contributed by atoms with Gasteiger partial charge >= 0.3 is 0 Å². The highest BCUT2D eigenvalue weighted by molar-refractivity contribution is 7.13. The zero-order valence-electron chi connectivity index (χ0n) is 12.5. The Bertz CT molecular complexity index is 393. The fourth-order valence-electron chi connectivity index (χ4n) is 2.27. The van der Waals surface area contributed by atoms with Crippen molar-refractivity contribution < 1.29 is 4.74 Å². The van der Waals surface area contributed by atoms with E-state index in [4.69, 9.17) is 4.74 Å². The Labute approximate surface area is 122 Å². The van der Waals surface area contributed by atoms with E-state index in [0.717, 1.165) is 19.4 Å². The van der Waals surface area contributed by atoms with Gasteiger partial charge in [-0.15, -0.1) is 11.3 Å². The molecule has 0 bridgehead atoms. The van der Waals surface area contributed by atoms with E-state index in [1.165, 1.54) is 28.2 Å². The quantitative estimate of drug-likeness (QED) is 0.540. The maximum atomic E-state index is 5.13. The second-order valence-electron chi connectivity index (χ2n) is 5.20. The van der Waals surface area contributed by atoms with Crippen molar-refractivity contribution in [2.75, 3.05) is 13.7 Å². The van der Waals surface area contributed by atoms with Gasteiger partial charge in [-0.05, 0) is 30.9 Å². The summed E-state index contributed by atoms with van der Waals surface area (Å²) in [6.07, 6.45) is 8.58. The molecule has 0 spiro atoms. The van der Waals surface area contributed by atoms with Crippen molar-refractivity contribution in [3.63, 3.8) is 0 Å². The van der Waals surface area contributed by atoms with Crippen LogP contribution in [0, 0.1) is 0 Å². The van der Waals surface area contributed by atoms with Crippen molar-refractivity contribution in [1.82, 2.24) is 0 Å². The molecule has 0 aliphatic rings. The molecule has 0 aliphatic carbocycles. The van der Waals surface area contributed by atoms with Gasteiger partial charge < -0.3 is 4.74 Å². The Balaban J connectivity index is 2.85. The molecular weight excluding hydrogens is 252 g/mol. The van der Waals surface area contributed by atoms with Gasteiger partial charge in [-0.3, -0.25) is 0 Å². The Morgan fingerprint density at radius 2 is 2.05 bits per heavy atom. The van der Waals surface area contributed by atoms with Crippen LogP contribution in [0.3, 0.4) is 0 Å². The minimum Gasteiger partial charge on any atom is -0.385 e. The molecular formula is C17H26OS. The minimum atomic E-state index is 0.261. The molecule has 1 rings (SSSR count). The molecule has 0 fully saturated rings. The van der Waals surface area contributed by atoms with Gasteiger partial charge in [-0.2, -0.15) is 0 Å². The van der Waals surface area contributed by atoms with Crippen LogP contribution in [0.2, 0.25) is 0 Å². The molecule has 0 aliphatic heterocycles. The minimum absolute atomic E-state index is 0.261. The van der Waals surface area contributed by atoms with Gasteiger partial charge in [0.2, 0.25) is 0 Å². The average Bonchev–Trinajstić information content (AvgIpc) is 2.87. The van der Waals surface area contributed by atoms with E-state index < -0.39 is 0 Å². The second-order valence-corrected chi connectivity index (χ2v) is 6.29. The molecule has 0 amide bonds. The van der Waals surface area contributed by atoms with Crippen LogP contribution >= 0.6 is 11.3 Å². The summed E-state index contributed by atoms with van der Waals surface area (Å²) in [5.74, 6) is 0. The van der Waals surface area contributed by atoms with Crippen LogP contribution in [0.15, 0.2) is 19.2 Å². The predicted octanol–water partition coefficient (Wildman–Crippen LogP) is 5.52. The largest absolute Gasteiger partial charge is 0.385 e. The summed E-state index contributed by atoms with van der Waals surface area (Å²) in [5.41, 5.74) is 1.48. The fraction of sp³-hybridized carbons (Fsp3) is 0.529. The molecule has 0 aromatic carbocycles. The first-order valence-corrected chi connectivity index (χ1v) is 7.81. The zero-order chi connectivity index (χ0) is 14.3. The van der Waals surface area contributed by atoms with Crippen molar-refractivity contribution in [2.45, 2.75) is 44.9 Å². The van der Waals surface area contributed by atoms with Crippen molar-refractivity contribution in [3.8, 4) is 0 Å². The smallest absolute Gasteiger partial charge is 0.0462 e. The maximum absolute atomic E-state index is 5.13. The van der Waals surface area contributed by atoms with E-state index in [9.17, 15) is 0 Å². The Hall–Kier alpha value is -0.860. The SMILES string of the molecule is C=Cc1cc(C(C)(CC)CCCCOC)sc1C=C. The first kappa shape index (κ1) is 16.2. The highest BCUT2D eigenvalue weighted by Crippen LogP contribution is 2.39. The molecule has 1 aromatic rings. The van der Waals surface area contributed by atoms with Crippen LogP contribution in [-0.4, -0.2) is 13.7 Å². The standard InChI is InChI=1S/C17H26OS/c1-6-14-13-16(19-15(14)7-2)17(4,8-3)11-9-10-12-18-5/h6-7,13H,1-2,8-12H2,3-5H3. The number of unbranched alkanes of at least 4 members (excludes halogenated alkanes) is 1. The van der Waals surface area contributed by atoms with E-state index in [2.05, 4.69) is 33.1 Å². The van der Waals surface area contributed by atoms with Gasteiger partial charge in [0.25, 0.3) is 0 Å². The summed E-state index contributed by atoms with van der Waals surface area (Å²) in [6.45, 7) is 13.3. The normalized spacial score (nSPS) is 14.1. The van der Waals surface area contributed by atoms with Crippen LogP contribution in [0.4, 0.5) is 0 Å². The zero-order valence-corrected chi connectivity index (χ0v) is 13.3. The van der Waals surface area contributed by atoms with E-state index in [0.29, 0.717) is 0 Å². The van der Waals surface area contributed by atoms with Gasteiger partial charge in [0.15, 0.2) is 0 Å². The highest BCUT2D eigenvalue weighted by atomic mass is 32.1. The van der Waals surface area contributed by atoms with Crippen molar-refractivity contribution in [1.29, 1.82) is 0 Å². The third kappa shape index (κ3) is 4.05. The van der Waals surface area contributed by atoms with Gasteiger partial charge in [0, 0.05) is 28.9 Å². The fourth-order valence-corrected chi connectivity index (χ4v) is 3.53. The lowest BCUT2D eigenvalue weighted by molar-refractivity contribution is 0.189. The Morgan fingerprint density at radius 3 is 2.53 bits per heavy atom. The molecule has 106 valence electrons. The molecule has 1 aromatic heterocycles. The summed E-state index contributed by atoms with van der Waals surface area (Å²) in [7, 11) is 1.77.